The van der Waals surface area contributed by atoms with Crippen LogP contribution in [-0.2, 0) is 17.8 Å². The van der Waals surface area contributed by atoms with Crippen molar-refractivity contribution < 1.29 is 4.79 Å². The van der Waals surface area contributed by atoms with Crippen molar-refractivity contribution in [3.05, 3.63) is 63.6 Å². The number of carbonyl (C=O) groups excluding carboxylic acids is 1. The van der Waals surface area contributed by atoms with Crippen LogP contribution in [0.25, 0.3) is 0 Å². The number of nitrogens with zero attached hydrogens (tertiary/aromatic N) is 1. The smallest absolute Gasteiger partial charge is 0.244 e. The Morgan fingerprint density at radius 1 is 1.33 bits per heavy atom. The number of allylic oxidation sites excluding steroid dienone is 1. The second kappa shape index (κ2) is 7.74. The van der Waals surface area contributed by atoms with Gasteiger partial charge in [-0.3, -0.25) is 4.79 Å². The van der Waals surface area contributed by atoms with Gasteiger partial charge >= 0.3 is 0 Å². The van der Waals surface area contributed by atoms with Crippen LogP contribution >= 0.6 is 11.3 Å². The van der Waals surface area contributed by atoms with Crippen molar-refractivity contribution in [1.29, 1.82) is 0 Å². The van der Waals surface area contributed by atoms with E-state index in [0.29, 0.717) is 6.54 Å². The van der Waals surface area contributed by atoms with Crippen molar-refractivity contribution in [2.75, 3.05) is 0 Å². The number of nitrogens with one attached hydrogen (secondary N) is 1. The molecule has 0 bridgehead atoms. The molecule has 110 valence electrons. The van der Waals surface area contributed by atoms with Gasteiger partial charge in [-0.2, -0.15) is 0 Å². The predicted molar refractivity (Wildman–Crippen MR) is 87.2 cm³/mol. The molecule has 0 atom stereocenters. The summed E-state index contributed by atoms with van der Waals surface area (Å²) in [6, 6.07) is 10.3. The zero-order valence-electron chi connectivity index (χ0n) is 12.4. The summed E-state index contributed by atoms with van der Waals surface area (Å²) in [7, 11) is 0. The number of thiazole rings is 1. The molecule has 3 nitrogen and oxygen atoms in total. The lowest BCUT2D eigenvalue weighted by Crippen LogP contribution is -2.20. The zero-order chi connectivity index (χ0) is 15.1. The van der Waals surface area contributed by atoms with Crippen molar-refractivity contribution in [3.63, 3.8) is 0 Å². The van der Waals surface area contributed by atoms with E-state index < -0.39 is 0 Å². The Kier molecular flexibility index (Phi) is 5.69. The Morgan fingerprint density at radius 2 is 2.10 bits per heavy atom. The number of aryl methyl sites for hydroxylation is 2. The molecular weight excluding hydrogens is 280 g/mol. The van der Waals surface area contributed by atoms with Gasteiger partial charge in [0.1, 0.15) is 5.01 Å². The lowest BCUT2D eigenvalue weighted by Gasteiger charge is -2.03. The summed E-state index contributed by atoms with van der Waals surface area (Å²) in [5.74, 6) is -0.0478. The molecule has 2 rings (SSSR count). The molecule has 4 heteroatoms. The van der Waals surface area contributed by atoms with E-state index in [1.807, 2.05) is 37.4 Å². The highest BCUT2D eigenvalue weighted by Crippen LogP contribution is 2.09. The maximum Gasteiger partial charge on any atom is 0.244 e. The second-order valence-electron chi connectivity index (χ2n) is 5.08. The van der Waals surface area contributed by atoms with Crippen molar-refractivity contribution >= 4 is 17.2 Å². The highest BCUT2D eigenvalue weighted by Gasteiger charge is 2.02. The van der Waals surface area contributed by atoms with E-state index in [0.717, 1.165) is 29.1 Å². The van der Waals surface area contributed by atoms with Gasteiger partial charge in [-0.15, -0.1) is 11.3 Å². The SMILES string of the molecule is C/C(=C/C(=O)NCc1nc(C)cs1)CCc1ccccc1. The van der Waals surface area contributed by atoms with Crippen LogP contribution in [0.1, 0.15) is 29.6 Å². The van der Waals surface area contributed by atoms with Gasteiger partial charge in [-0.05, 0) is 32.3 Å². The standard InChI is InChI=1S/C17H20N2OS/c1-13(8-9-15-6-4-3-5-7-15)10-16(20)18-11-17-19-14(2)12-21-17/h3-7,10,12H,8-9,11H2,1-2H3,(H,18,20)/b13-10-. The van der Waals surface area contributed by atoms with E-state index in [2.05, 4.69) is 22.4 Å². The molecule has 0 aliphatic heterocycles. The van der Waals surface area contributed by atoms with Gasteiger partial charge < -0.3 is 5.32 Å². The lowest BCUT2D eigenvalue weighted by atomic mass is 10.1. The van der Waals surface area contributed by atoms with Crippen LogP contribution in [0.4, 0.5) is 0 Å². The van der Waals surface area contributed by atoms with Crippen molar-refractivity contribution in [2.45, 2.75) is 33.2 Å². The average molecular weight is 300 g/mol. The fourth-order valence-electron chi connectivity index (χ4n) is 1.98. The van der Waals surface area contributed by atoms with Crippen molar-refractivity contribution in [3.8, 4) is 0 Å². The summed E-state index contributed by atoms with van der Waals surface area (Å²) in [4.78, 5) is 16.2. The Hall–Kier alpha value is -1.94. The maximum absolute atomic E-state index is 11.8. The minimum atomic E-state index is -0.0478. The number of amides is 1. The van der Waals surface area contributed by atoms with Crippen LogP contribution in [-0.4, -0.2) is 10.9 Å². The molecule has 0 aliphatic rings. The van der Waals surface area contributed by atoms with E-state index in [9.17, 15) is 4.79 Å². The number of benzene rings is 1. The molecule has 0 fully saturated rings. The monoisotopic (exact) mass is 300 g/mol. The Labute approximate surface area is 129 Å². The molecule has 0 saturated carbocycles. The molecule has 0 radical (unpaired) electrons. The largest absolute Gasteiger partial charge is 0.346 e. The fourth-order valence-corrected chi connectivity index (χ4v) is 2.69. The molecule has 1 amide bonds. The number of aromatic nitrogens is 1. The summed E-state index contributed by atoms with van der Waals surface area (Å²) in [5, 5.41) is 5.80. The molecule has 1 aromatic carbocycles. The van der Waals surface area contributed by atoms with Gasteiger partial charge in [-0.1, -0.05) is 35.9 Å². The molecule has 21 heavy (non-hydrogen) atoms. The van der Waals surface area contributed by atoms with Crippen molar-refractivity contribution in [2.24, 2.45) is 0 Å². The molecule has 1 heterocycles. The van der Waals surface area contributed by atoms with Crippen LogP contribution in [0.5, 0.6) is 0 Å². The number of rotatable bonds is 6. The highest BCUT2D eigenvalue weighted by molar-refractivity contribution is 7.09. The summed E-state index contributed by atoms with van der Waals surface area (Å²) in [6.45, 7) is 4.45. The summed E-state index contributed by atoms with van der Waals surface area (Å²) < 4.78 is 0. The van der Waals surface area contributed by atoms with E-state index in [4.69, 9.17) is 0 Å². The molecule has 1 N–H and O–H groups in total. The van der Waals surface area contributed by atoms with Gasteiger partial charge in [0.25, 0.3) is 0 Å². The van der Waals surface area contributed by atoms with E-state index >= 15 is 0 Å². The molecule has 1 aromatic heterocycles. The number of hydrogen-bond acceptors (Lipinski definition) is 3. The lowest BCUT2D eigenvalue weighted by molar-refractivity contribution is -0.116. The van der Waals surface area contributed by atoms with Crippen LogP contribution < -0.4 is 5.32 Å². The topological polar surface area (TPSA) is 42.0 Å². The van der Waals surface area contributed by atoms with Crippen LogP contribution in [0.3, 0.4) is 0 Å². The van der Waals surface area contributed by atoms with E-state index in [1.165, 1.54) is 5.56 Å². The Morgan fingerprint density at radius 3 is 2.76 bits per heavy atom. The first kappa shape index (κ1) is 15.4. The van der Waals surface area contributed by atoms with Crippen LogP contribution in [0.15, 0.2) is 47.4 Å². The molecule has 0 saturated heterocycles. The zero-order valence-corrected chi connectivity index (χ0v) is 13.2. The quantitative estimate of drug-likeness (QED) is 0.827. The maximum atomic E-state index is 11.8. The molecule has 2 aromatic rings. The van der Waals surface area contributed by atoms with Gasteiger partial charge in [0.15, 0.2) is 0 Å². The highest BCUT2D eigenvalue weighted by atomic mass is 32.1. The third kappa shape index (κ3) is 5.52. The first-order valence-corrected chi connectivity index (χ1v) is 7.91. The summed E-state index contributed by atoms with van der Waals surface area (Å²) >= 11 is 1.57. The minimum absolute atomic E-state index is 0.0478. The average Bonchev–Trinajstić information content (AvgIpc) is 2.90. The third-order valence-corrected chi connectivity index (χ3v) is 4.08. The molecular formula is C17H20N2OS. The Bertz CT molecular complexity index is 617. The van der Waals surface area contributed by atoms with E-state index in [1.54, 1.807) is 17.4 Å². The predicted octanol–water partition coefficient (Wildman–Crippen LogP) is 3.65. The first-order chi connectivity index (χ1) is 10.1. The first-order valence-electron chi connectivity index (χ1n) is 7.03. The second-order valence-corrected chi connectivity index (χ2v) is 6.02. The third-order valence-electron chi connectivity index (χ3n) is 3.11. The van der Waals surface area contributed by atoms with Crippen LogP contribution in [0.2, 0.25) is 0 Å². The minimum Gasteiger partial charge on any atom is -0.346 e. The van der Waals surface area contributed by atoms with Crippen molar-refractivity contribution in [1.82, 2.24) is 10.3 Å². The summed E-state index contributed by atoms with van der Waals surface area (Å²) in [5.41, 5.74) is 3.38. The fraction of sp³-hybridized carbons (Fsp3) is 0.294. The van der Waals surface area contributed by atoms with Gasteiger partial charge in [0, 0.05) is 17.2 Å². The van der Waals surface area contributed by atoms with Crippen LogP contribution in [0, 0.1) is 6.92 Å². The normalized spacial score (nSPS) is 11.4. The number of carbonyl (C=O) groups is 1. The molecule has 0 aliphatic carbocycles. The molecule has 0 unspecified atom stereocenters. The summed E-state index contributed by atoms with van der Waals surface area (Å²) in [6.07, 6.45) is 3.54. The number of hydrogen-bond donors (Lipinski definition) is 1. The van der Waals surface area contributed by atoms with Gasteiger partial charge in [-0.25, -0.2) is 4.98 Å². The van der Waals surface area contributed by atoms with Gasteiger partial charge in [0.2, 0.25) is 5.91 Å². The Balaban J connectivity index is 1.77. The van der Waals surface area contributed by atoms with E-state index in [-0.39, 0.29) is 5.91 Å². The molecule has 0 spiro atoms. The van der Waals surface area contributed by atoms with Gasteiger partial charge in [0.05, 0.1) is 6.54 Å².